The Morgan fingerprint density at radius 2 is 2.10 bits per heavy atom. The molecule has 2 aromatic rings. The third kappa shape index (κ3) is 2.81. The quantitative estimate of drug-likeness (QED) is 0.828. The van der Waals surface area contributed by atoms with Crippen LogP contribution in [0.1, 0.15) is 21.5 Å². The second-order valence-electron chi connectivity index (χ2n) is 4.30. The number of hydrogen-bond donors (Lipinski definition) is 2. The van der Waals surface area contributed by atoms with E-state index < -0.39 is 0 Å². The minimum Gasteiger partial charge on any atom is -0.397 e. The number of anilines is 2. The summed E-state index contributed by atoms with van der Waals surface area (Å²) in [5.74, 6) is -0.253. The number of benzene rings is 2. The maximum atomic E-state index is 12.2. The number of nitrogens with two attached hydrogens (primary N) is 1. The van der Waals surface area contributed by atoms with Crippen LogP contribution in [0.4, 0.5) is 11.4 Å². The average Bonchev–Trinajstić information content (AvgIpc) is 2.44. The van der Waals surface area contributed by atoms with Gasteiger partial charge in [0.15, 0.2) is 0 Å². The summed E-state index contributed by atoms with van der Waals surface area (Å²) in [4.78, 5) is 12.2. The summed E-state index contributed by atoms with van der Waals surface area (Å²) in [6.07, 6.45) is 0. The number of hydrogen-bond acceptors (Lipinski definition) is 3. The van der Waals surface area contributed by atoms with Crippen LogP contribution in [0.15, 0.2) is 40.9 Å². The van der Waals surface area contributed by atoms with Crippen LogP contribution in [0.25, 0.3) is 0 Å². The summed E-state index contributed by atoms with van der Waals surface area (Å²) in [7, 11) is 0. The number of nitrogens with one attached hydrogen (secondary N) is 1. The fourth-order valence-electron chi connectivity index (χ4n) is 1.76. The lowest BCUT2D eigenvalue weighted by atomic mass is 10.1. The number of rotatable bonds is 2. The molecular weight excluding hydrogens is 318 g/mol. The Kier molecular flexibility index (Phi) is 4.06. The molecular formula is C15H12BrN3O. The Balaban J connectivity index is 2.29. The maximum Gasteiger partial charge on any atom is 0.256 e. The molecule has 0 aliphatic carbocycles. The van der Waals surface area contributed by atoms with Crippen molar-refractivity contribution < 1.29 is 4.79 Å². The number of amides is 1. The van der Waals surface area contributed by atoms with E-state index in [2.05, 4.69) is 21.2 Å². The van der Waals surface area contributed by atoms with Gasteiger partial charge in [-0.3, -0.25) is 4.79 Å². The van der Waals surface area contributed by atoms with Crippen molar-refractivity contribution in [3.63, 3.8) is 0 Å². The highest BCUT2D eigenvalue weighted by Gasteiger charge is 2.12. The fraction of sp³-hybridized carbons (Fsp3) is 0.0667. The van der Waals surface area contributed by atoms with Gasteiger partial charge in [-0.2, -0.15) is 5.26 Å². The van der Waals surface area contributed by atoms with Crippen LogP contribution in [0.3, 0.4) is 0 Å². The second-order valence-corrected chi connectivity index (χ2v) is 5.10. The molecule has 0 aliphatic rings. The number of carbonyl (C=O) groups excluding carboxylic acids is 1. The van der Waals surface area contributed by atoms with Gasteiger partial charge >= 0.3 is 0 Å². The van der Waals surface area contributed by atoms with Crippen molar-refractivity contribution in [1.82, 2.24) is 0 Å². The molecule has 1 amide bonds. The van der Waals surface area contributed by atoms with E-state index in [4.69, 9.17) is 11.0 Å². The van der Waals surface area contributed by atoms with E-state index in [9.17, 15) is 4.79 Å². The van der Waals surface area contributed by atoms with Gasteiger partial charge in [0.05, 0.1) is 28.6 Å². The van der Waals surface area contributed by atoms with Crippen LogP contribution < -0.4 is 11.1 Å². The molecule has 100 valence electrons. The molecule has 5 heteroatoms. The molecule has 2 rings (SSSR count). The van der Waals surface area contributed by atoms with Crippen molar-refractivity contribution in [2.75, 3.05) is 11.1 Å². The highest BCUT2D eigenvalue weighted by Crippen LogP contribution is 2.24. The van der Waals surface area contributed by atoms with Crippen molar-refractivity contribution >= 4 is 33.2 Å². The summed E-state index contributed by atoms with van der Waals surface area (Å²) >= 11 is 3.40. The first-order valence-corrected chi connectivity index (χ1v) is 6.68. The van der Waals surface area contributed by atoms with E-state index in [0.29, 0.717) is 22.5 Å². The fourth-order valence-corrected chi connectivity index (χ4v) is 2.20. The number of carbonyl (C=O) groups is 1. The van der Waals surface area contributed by atoms with Gasteiger partial charge in [-0.15, -0.1) is 0 Å². The lowest BCUT2D eigenvalue weighted by Gasteiger charge is -2.10. The lowest BCUT2D eigenvalue weighted by Crippen LogP contribution is -2.14. The van der Waals surface area contributed by atoms with Crippen molar-refractivity contribution in [3.05, 3.63) is 57.6 Å². The van der Waals surface area contributed by atoms with Gasteiger partial charge < -0.3 is 11.1 Å². The van der Waals surface area contributed by atoms with E-state index >= 15 is 0 Å². The van der Waals surface area contributed by atoms with Crippen LogP contribution in [-0.4, -0.2) is 5.91 Å². The first-order valence-electron chi connectivity index (χ1n) is 5.89. The van der Waals surface area contributed by atoms with E-state index in [-0.39, 0.29) is 5.91 Å². The minimum atomic E-state index is -0.253. The van der Waals surface area contributed by atoms with Crippen LogP contribution >= 0.6 is 15.9 Å². The van der Waals surface area contributed by atoms with Gasteiger partial charge in [0.2, 0.25) is 0 Å². The molecule has 4 nitrogen and oxygen atoms in total. The molecule has 0 aromatic heterocycles. The zero-order valence-corrected chi connectivity index (χ0v) is 12.4. The highest BCUT2D eigenvalue weighted by molar-refractivity contribution is 9.10. The molecule has 0 spiro atoms. The molecule has 2 aromatic carbocycles. The molecule has 0 fully saturated rings. The highest BCUT2D eigenvalue weighted by atomic mass is 79.9. The third-order valence-corrected chi connectivity index (χ3v) is 3.92. The standard InChI is InChI=1S/C15H12BrN3O/c1-9-3-2-4-11(14(9)16)15(20)19-13-6-5-10(8-17)7-12(13)18/h2-7H,18H2,1H3,(H,19,20). The molecule has 0 atom stereocenters. The number of nitriles is 1. The molecule has 3 N–H and O–H groups in total. The minimum absolute atomic E-state index is 0.253. The van der Waals surface area contributed by atoms with Gasteiger partial charge in [0, 0.05) is 4.47 Å². The molecule has 0 heterocycles. The van der Waals surface area contributed by atoms with Crippen molar-refractivity contribution in [2.45, 2.75) is 6.92 Å². The lowest BCUT2D eigenvalue weighted by molar-refractivity contribution is 0.102. The number of aryl methyl sites for hydroxylation is 1. The van der Waals surface area contributed by atoms with Gasteiger partial charge in [-0.25, -0.2) is 0 Å². The van der Waals surface area contributed by atoms with Crippen molar-refractivity contribution in [3.8, 4) is 6.07 Å². The van der Waals surface area contributed by atoms with Gasteiger partial charge in [0.25, 0.3) is 5.91 Å². The van der Waals surface area contributed by atoms with Crippen molar-refractivity contribution in [2.24, 2.45) is 0 Å². The summed E-state index contributed by atoms with van der Waals surface area (Å²) in [6.45, 7) is 1.91. The first kappa shape index (κ1) is 14.1. The van der Waals surface area contributed by atoms with Crippen molar-refractivity contribution in [1.29, 1.82) is 5.26 Å². The molecule has 20 heavy (non-hydrogen) atoms. The van der Waals surface area contributed by atoms with Gasteiger partial charge in [0.1, 0.15) is 0 Å². The molecule has 0 saturated carbocycles. The van der Waals surface area contributed by atoms with Crippen LogP contribution in [0.2, 0.25) is 0 Å². The SMILES string of the molecule is Cc1cccc(C(=O)Nc2ccc(C#N)cc2N)c1Br. The molecule has 0 aliphatic heterocycles. The Morgan fingerprint density at radius 3 is 2.75 bits per heavy atom. The summed E-state index contributed by atoms with van der Waals surface area (Å²) in [5, 5.41) is 11.5. The number of nitrogens with zero attached hydrogens (tertiary/aromatic N) is 1. The zero-order valence-electron chi connectivity index (χ0n) is 10.8. The van der Waals surface area contributed by atoms with E-state index in [0.717, 1.165) is 10.0 Å². The predicted octanol–water partition coefficient (Wildman–Crippen LogP) is 3.46. The van der Waals surface area contributed by atoms with Crippen LogP contribution in [0, 0.1) is 18.3 Å². The summed E-state index contributed by atoms with van der Waals surface area (Å²) in [5.41, 5.74) is 8.63. The van der Waals surface area contributed by atoms with Crippen LogP contribution in [0.5, 0.6) is 0 Å². The Bertz CT molecular complexity index is 720. The Morgan fingerprint density at radius 1 is 1.35 bits per heavy atom. The molecule has 0 radical (unpaired) electrons. The normalized spacial score (nSPS) is 9.85. The average molecular weight is 330 g/mol. The topological polar surface area (TPSA) is 78.9 Å². The van der Waals surface area contributed by atoms with E-state index in [1.54, 1.807) is 18.2 Å². The zero-order chi connectivity index (χ0) is 14.7. The molecule has 0 unspecified atom stereocenters. The second kappa shape index (κ2) is 5.76. The molecule has 0 bridgehead atoms. The van der Waals surface area contributed by atoms with Gasteiger partial charge in [-0.1, -0.05) is 12.1 Å². The smallest absolute Gasteiger partial charge is 0.256 e. The maximum absolute atomic E-state index is 12.2. The number of nitrogen functional groups attached to an aromatic ring is 1. The van der Waals surface area contributed by atoms with Gasteiger partial charge in [-0.05, 0) is 52.7 Å². The van der Waals surface area contributed by atoms with E-state index in [1.807, 2.05) is 25.1 Å². The largest absolute Gasteiger partial charge is 0.397 e. The first-order chi connectivity index (χ1) is 9.52. The Labute approximate surface area is 125 Å². The van der Waals surface area contributed by atoms with E-state index in [1.165, 1.54) is 6.07 Å². The summed E-state index contributed by atoms with van der Waals surface area (Å²) in [6, 6.07) is 12.2. The monoisotopic (exact) mass is 329 g/mol. The number of halogens is 1. The van der Waals surface area contributed by atoms with Crippen LogP contribution in [-0.2, 0) is 0 Å². The Hall–Kier alpha value is -2.32. The predicted molar refractivity (Wildman–Crippen MR) is 82.4 cm³/mol. The molecule has 0 saturated heterocycles. The third-order valence-electron chi connectivity index (χ3n) is 2.87. The summed E-state index contributed by atoms with van der Waals surface area (Å²) < 4.78 is 0.754.